The lowest BCUT2D eigenvalue weighted by Crippen LogP contribution is -2.28. The molecule has 0 amide bonds. The van der Waals surface area contributed by atoms with Gasteiger partial charge in [-0.2, -0.15) is 0 Å². The number of hydrogen-bond acceptors (Lipinski definition) is 4. The van der Waals surface area contributed by atoms with Crippen molar-refractivity contribution in [3.05, 3.63) is 17.2 Å². The molecule has 1 aliphatic heterocycles. The van der Waals surface area contributed by atoms with Gasteiger partial charge in [-0.15, -0.1) is 0 Å². The Morgan fingerprint density at radius 3 is 2.59 bits per heavy atom. The molecule has 6 heteroatoms. The van der Waals surface area contributed by atoms with Crippen LogP contribution in [0, 0.1) is 5.92 Å². The molecule has 3 rings (SSSR count). The molecule has 0 spiro atoms. The van der Waals surface area contributed by atoms with E-state index >= 15 is 0 Å². The molecule has 1 atom stereocenters. The first-order valence-electron chi connectivity index (χ1n) is 8.02. The maximum absolute atomic E-state index is 11.8. The van der Waals surface area contributed by atoms with Crippen LogP contribution in [0.3, 0.4) is 0 Å². The molecule has 1 aliphatic carbocycles. The summed E-state index contributed by atoms with van der Waals surface area (Å²) in [5.41, 5.74) is 0.809. The number of carboxylic acids is 1. The number of methoxy groups -OCH3 is 1. The number of carboxylic acid groups (broad SMARTS) is 1. The van der Waals surface area contributed by atoms with Crippen LogP contribution >= 0.6 is 0 Å². The van der Waals surface area contributed by atoms with Gasteiger partial charge < -0.3 is 14.4 Å². The molecule has 2 heterocycles. The zero-order valence-corrected chi connectivity index (χ0v) is 12.9. The van der Waals surface area contributed by atoms with Crippen molar-refractivity contribution < 1.29 is 19.4 Å². The minimum atomic E-state index is -1.00. The Morgan fingerprint density at radius 1 is 1.23 bits per heavy atom. The Bertz CT molecular complexity index is 587. The van der Waals surface area contributed by atoms with Crippen molar-refractivity contribution in [2.24, 2.45) is 5.92 Å². The van der Waals surface area contributed by atoms with Crippen molar-refractivity contribution in [2.45, 2.75) is 57.4 Å². The average Bonchev–Trinajstić information content (AvgIpc) is 2.94. The van der Waals surface area contributed by atoms with E-state index in [0.29, 0.717) is 31.0 Å². The highest BCUT2D eigenvalue weighted by Gasteiger charge is 2.34. The van der Waals surface area contributed by atoms with E-state index in [-0.39, 0.29) is 17.6 Å². The highest BCUT2D eigenvalue weighted by molar-refractivity contribution is 5.87. The molecule has 1 unspecified atom stereocenters. The Kier molecular flexibility index (Phi) is 4.18. The van der Waals surface area contributed by atoms with E-state index in [2.05, 4.69) is 9.55 Å². The van der Waals surface area contributed by atoms with Crippen molar-refractivity contribution in [3.8, 4) is 0 Å². The molecule has 120 valence electrons. The summed E-state index contributed by atoms with van der Waals surface area (Å²) in [6.07, 6.45) is 6.87. The average molecular weight is 306 g/mol. The highest BCUT2D eigenvalue weighted by Crippen LogP contribution is 2.35. The summed E-state index contributed by atoms with van der Waals surface area (Å²) in [6.45, 7) is 0.654. The van der Waals surface area contributed by atoms with Crippen molar-refractivity contribution in [1.29, 1.82) is 0 Å². The molecule has 1 saturated carbocycles. The second-order valence-corrected chi connectivity index (χ2v) is 6.27. The maximum atomic E-state index is 11.8. The van der Waals surface area contributed by atoms with Crippen LogP contribution in [0.4, 0.5) is 0 Å². The number of nitrogens with zero attached hydrogens (tertiary/aromatic N) is 2. The highest BCUT2D eigenvalue weighted by atomic mass is 16.5. The predicted molar refractivity (Wildman–Crippen MR) is 78.8 cm³/mol. The second kappa shape index (κ2) is 6.10. The van der Waals surface area contributed by atoms with Crippen LogP contribution in [-0.4, -0.2) is 33.7 Å². The third kappa shape index (κ3) is 2.62. The number of aromatic nitrogens is 2. The van der Waals surface area contributed by atoms with Crippen LogP contribution in [0.5, 0.6) is 0 Å². The predicted octanol–water partition coefficient (Wildman–Crippen LogP) is 2.36. The normalized spacial score (nSPS) is 22.1. The summed E-state index contributed by atoms with van der Waals surface area (Å²) in [7, 11) is 1.37. The first-order valence-corrected chi connectivity index (χ1v) is 8.02. The lowest BCUT2D eigenvalue weighted by molar-refractivity contribution is -0.146. The fraction of sp³-hybridized carbons (Fsp3) is 0.688. The van der Waals surface area contributed by atoms with E-state index in [1.54, 1.807) is 0 Å². The van der Waals surface area contributed by atoms with Gasteiger partial charge in [0.15, 0.2) is 5.69 Å². The topological polar surface area (TPSA) is 81.4 Å². The van der Waals surface area contributed by atoms with Gasteiger partial charge in [0.1, 0.15) is 5.82 Å². The van der Waals surface area contributed by atoms with Crippen molar-refractivity contribution in [2.75, 3.05) is 7.11 Å². The smallest absolute Gasteiger partial charge is 0.356 e. The van der Waals surface area contributed by atoms with Crippen molar-refractivity contribution in [1.82, 2.24) is 9.55 Å². The third-order valence-electron chi connectivity index (χ3n) is 4.95. The van der Waals surface area contributed by atoms with E-state index in [4.69, 9.17) is 4.74 Å². The standard InChI is InChI=1S/C16H22N2O4/c1-22-16(21)11-7-8-18-12(9-11)13(15(19)20)17-14(18)10-5-3-2-4-6-10/h10-11H,2-9H2,1H3,(H,19,20). The molecule has 0 radical (unpaired) electrons. The Balaban J connectivity index is 1.95. The molecular weight excluding hydrogens is 284 g/mol. The molecule has 6 nitrogen and oxygen atoms in total. The molecule has 0 bridgehead atoms. The van der Waals surface area contributed by atoms with E-state index in [9.17, 15) is 14.7 Å². The van der Waals surface area contributed by atoms with Gasteiger partial charge in [-0.1, -0.05) is 19.3 Å². The first kappa shape index (κ1) is 15.1. The number of carbonyl (C=O) groups is 2. The quantitative estimate of drug-likeness (QED) is 0.867. The number of ether oxygens (including phenoxy) is 1. The summed E-state index contributed by atoms with van der Waals surface area (Å²) < 4.78 is 6.87. The minimum absolute atomic E-state index is 0.120. The zero-order valence-electron chi connectivity index (χ0n) is 12.9. The summed E-state index contributed by atoms with van der Waals surface area (Å²) in [6, 6.07) is 0. The molecule has 0 aromatic carbocycles. The Hall–Kier alpha value is -1.85. The Labute approximate surface area is 129 Å². The minimum Gasteiger partial charge on any atom is -0.476 e. The molecule has 1 fully saturated rings. The lowest BCUT2D eigenvalue weighted by atomic mass is 9.88. The first-order chi connectivity index (χ1) is 10.6. The fourth-order valence-electron chi connectivity index (χ4n) is 3.79. The molecule has 22 heavy (non-hydrogen) atoms. The monoisotopic (exact) mass is 306 g/mol. The number of aromatic carboxylic acids is 1. The van der Waals surface area contributed by atoms with Crippen molar-refractivity contribution in [3.63, 3.8) is 0 Å². The van der Waals surface area contributed by atoms with Gasteiger partial charge in [0, 0.05) is 18.9 Å². The van der Waals surface area contributed by atoms with Gasteiger partial charge in [0.2, 0.25) is 0 Å². The van der Waals surface area contributed by atoms with Crippen LogP contribution in [0.15, 0.2) is 0 Å². The van der Waals surface area contributed by atoms with Crippen molar-refractivity contribution >= 4 is 11.9 Å². The summed E-state index contributed by atoms with van der Waals surface area (Å²) in [5.74, 6) is -0.253. The Morgan fingerprint density at radius 2 is 1.95 bits per heavy atom. The van der Waals surface area contributed by atoms with Gasteiger partial charge in [0.05, 0.1) is 18.7 Å². The largest absolute Gasteiger partial charge is 0.476 e. The van der Waals surface area contributed by atoms with Gasteiger partial charge in [-0.05, 0) is 19.3 Å². The van der Waals surface area contributed by atoms with Gasteiger partial charge in [-0.25, -0.2) is 9.78 Å². The van der Waals surface area contributed by atoms with Gasteiger partial charge >= 0.3 is 11.9 Å². The molecule has 1 N–H and O–H groups in total. The van der Waals surface area contributed by atoms with E-state index in [1.165, 1.54) is 26.4 Å². The molecular formula is C16H22N2O4. The van der Waals surface area contributed by atoms with Gasteiger partial charge in [0.25, 0.3) is 0 Å². The zero-order chi connectivity index (χ0) is 15.7. The number of rotatable bonds is 3. The number of carbonyl (C=O) groups excluding carboxylic acids is 1. The number of imidazole rings is 1. The number of fused-ring (bicyclic) bond motifs is 1. The molecule has 1 aromatic heterocycles. The summed E-state index contributed by atoms with van der Waals surface area (Å²) in [4.78, 5) is 27.7. The summed E-state index contributed by atoms with van der Waals surface area (Å²) >= 11 is 0. The van der Waals surface area contributed by atoms with Crippen LogP contribution in [0.25, 0.3) is 0 Å². The third-order valence-corrected chi connectivity index (χ3v) is 4.95. The molecule has 2 aliphatic rings. The fourth-order valence-corrected chi connectivity index (χ4v) is 3.79. The summed E-state index contributed by atoms with van der Waals surface area (Å²) in [5, 5.41) is 9.44. The molecule has 0 saturated heterocycles. The SMILES string of the molecule is COC(=O)C1CCn2c(C3CCCCC3)nc(C(=O)O)c2C1. The van der Waals surface area contributed by atoms with E-state index in [1.807, 2.05) is 0 Å². The lowest BCUT2D eigenvalue weighted by Gasteiger charge is -2.27. The van der Waals surface area contributed by atoms with E-state index in [0.717, 1.165) is 18.7 Å². The maximum Gasteiger partial charge on any atom is 0.356 e. The van der Waals surface area contributed by atoms with Crippen LogP contribution in [-0.2, 0) is 22.5 Å². The number of hydrogen-bond donors (Lipinski definition) is 1. The van der Waals surface area contributed by atoms with Crippen LogP contribution in [0.2, 0.25) is 0 Å². The number of esters is 1. The van der Waals surface area contributed by atoms with Crippen LogP contribution < -0.4 is 0 Å². The van der Waals surface area contributed by atoms with E-state index < -0.39 is 5.97 Å². The molecule has 1 aromatic rings. The van der Waals surface area contributed by atoms with Gasteiger partial charge in [-0.3, -0.25) is 4.79 Å². The second-order valence-electron chi connectivity index (χ2n) is 6.27. The van der Waals surface area contributed by atoms with Crippen LogP contribution in [0.1, 0.15) is 66.4 Å².